The van der Waals surface area contributed by atoms with Crippen molar-refractivity contribution in [1.29, 1.82) is 0 Å². The number of hydrogen-bond acceptors (Lipinski definition) is 4. The summed E-state index contributed by atoms with van der Waals surface area (Å²) in [5.74, 6) is 0.789. The number of piperidine rings is 1. The lowest BCUT2D eigenvalue weighted by atomic mass is 9.93. The number of amides is 1. The van der Waals surface area contributed by atoms with Crippen LogP contribution in [0.1, 0.15) is 33.6 Å². The monoisotopic (exact) mass is 283 g/mol. The van der Waals surface area contributed by atoms with Gasteiger partial charge in [-0.1, -0.05) is 6.92 Å². The Balaban J connectivity index is 1.79. The second-order valence-corrected chi connectivity index (χ2v) is 6.77. The summed E-state index contributed by atoms with van der Waals surface area (Å²) in [6.07, 6.45) is 2.12. The van der Waals surface area contributed by atoms with Gasteiger partial charge in [0.15, 0.2) is 0 Å². The third-order valence-electron chi connectivity index (χ3n) is 4.54. The molecule has 2 fully saturated rings. The van der Waals surface area contributed by atoms with E-state index in [2.05, 4.69) is 36.3 Å². The van der Waals surface area contributed by atoms with E-state index < -0.39 is 0 Å². The quantitative estimate of drug-likeness (QED) is 0.793. The van der Waals surface area contributed by atoms with Crippen molar-refractivity contribution in [2.24, 2.45) is 5.92 Å². The minimum absolute atomic E-state index is 0.0142. The van der Waals surface area contributed by atoms with E-state index in [0.717, 1.165) is 39.3 Å². The molecule has 0 aromatic carbocycles. The summed E-state index contributed by atoms with van der Waals surface area (Å²) >= 11 is 0. The summed E-state index contributed by atoms with van der Waals surface area (Å²) in [5.41, 5.74) is -0.0142. The molecule has 20 heavy (non-hydrogen) atoms. The van der Waals surface area contributed by atoms with Crippen molar-refractivity contribution < 1.29 is 9.53 Å². The van der Waals surface area contributed by atoms with Crippen LogP contribution in [-0.2, 0) is 9.53 Å². The van der Waals surface area contributed by atoms with Gasteiger partial charge in [-0.05, 0) is 39.2 Å². The first-order valence-corrected chi connectivity index (χ1v) is 7.83. The predicted octanol–water partition coefficient (Wildman–Crippen LogP) is 0.602. The van der Waals surface area contributed by atoms with Crippen molar-refractivity contribution in [3.8, 4) is 0 Å². The summed E-state index contributed by atoms with van der Waals surface area (Å²) in [6.45, 7) is 11.7. The SMILES string of the molecule is CC1CCNC(C(=O)NCC(C)(C)N2CCOCC2)C1. The molecule has 0 aromatic heterocycles. The molecule has 0 aliphatic carbocycles. The number of hydrogen-bond donors (Lipinski definition) is 2. The van der Waals surface area contributed by atoms with Gasteiger partial charge in [-0.2, -0.15) is 0 Å². The van der Waals surface area contributed by atoms with Crippen LogP contribution >= 0.6 is 0 Å². The van der Waals surface area contributed by atoms with Gasteiger partial charge >= 0.3 is 0 Å². The van der Waals surface area contributed by atoms with Gasteiger partial charge in [-0.25, -0.2) is 0 Å². The molecular weight excluding hydrogens is 254 g/mol. The summed E-state index contributed by atoms with van der Waals surface area (Å²) in [7, 11) is 0. The van der Waals surface area contributed by atoms with E-state index in [1.54, 1.807) is 0 Å². The van der Waals surface area contributed by atoms with Gasteiger partial charge in [0.1, 0.15) is 0 Å². The van der Waals surface area contributed by atoms with E-state index in [-0.39, 0.29) is 17.5 Å². The Morgan fingerprint density at radius 2 is 2.10 bits per heavy atom. The Hall–Kier alpha value is -0.650. The highest BCUT2D eigenvalue weighted by molar-refractivity contribution is 5.81. The third kappa shape index (κ3) is 4.17. The lowest BCUT2D eigenvalue weighted by Crippen LogP contribution is -2.57. The summed E-state index contributed by atoms with van der Waals surface area (Å²) < 4.78 is 5.39. The van der Waals surface area contributed by atoms with E-state index in [9.17, 15) is 4.79 Å². The van der Waals surface area contributed by atoms with Gasteiger partial charge in [0.25, 0.3) is 0 Å². The maximum absolute atomic E-state index is 12.3. The molecule has 2 unspecified atom stereocenters. The molecule has 2 heterocycles. The second kappa shape index (κ2) is 6.87. The molecule has 5 nitrogen and oxygen atoms in total. The highest BCUT2D eigenvalue weighted by Crippen LogP contribution is 2.17. The minimum atomic E-state index is -0.0146. The molecular formula is C15H29N3O2. The number of carbonyl (C=O) groups is 1. The number of nitrogens with zero attached hydrogens (tertiary/aromatic N) is 1. The van der Waals surface area contributed by atoms with Gasteiger partial charge in [0.05, 0.1) is 19.3 Å². The fraction of sp³-hybridized carbons (Fsp3) is 0.933. The number of ether oxygens (including phenoxy) is 1. The average Bonchev–Trinajstić information content (AvgIpc) is 2.46. The van der Waals surface area contributed by atoms with Crippen LogP contribution in [0.3, 0.4) is 0 Å². The minimum Gasteiger partial charge on any atom is -0.379 e. The molecule has 2 atom stereocenters. The Bertz CT molecular complexity index is 327. The lowest BCUT2D eigenvalue weighted by molar-refractivity contribution is -0.124. The maximum Gasteiger partial charge on any atom is 0.237 e. The summed E-state index contributed by atoms with van der Waals surface area (Å²) in [4.78, 5) is 14.7. The number of carbonyl (C=O) groups excluding carboxylic acids is 1. The number of rotatable bonds is 4. The number of morpholine rings is 1. The largest absolute Gasteiger partial charge is 0.379 e. The molecule has 2 aliphatic heterocycles. The molecule has 2 rings (SSSR count). The van der Waals surface area contributed by atoms with Crippen LogP contribution in [0.4, 0.5) is 0 Å². The molecule has 2 saturated heterocycles. The van der Waals surface area contributed by atoms with Crippen LogP contribution in [0.25, 0.3) is 0 Å². The predicted molar refractivity (Wildman–Crippen MR) is 79.7 cm³/mol. The van der Waals surface area contributed by atoms with Gasteiger partial charge in [0, 0.05) is 25.2 Å². The van der Waals surface area contributed by atoms with E-state index >= 15 is 0 Å². The van der Waals surface area contributed by atoms with Crippen molar-refractivity contribution in [3.05, 3.63) is 0 Å². The van der Waals surface area contributed by atoms with Gasteiger partial charge in [-0.15, -0.1) is 0 Å². The molecule has 0 bridgehead atoms. The molecule has 0 radical (unpaired) electrons. The highest BCUT2D eigenvalue weighted by Gasteiger charge is 2.30. The molecule has 5 heteroatoms. The van der Waals surface area contributed by atoms with E-state index in [4.69, 9.17) is 4.74 Å². The second-order valence-electron chi connectivity index (χ2n) is 6.77. The molecule has 0 saturated carbocycles. The first kappa shape index (κ1) is 15.7. The zero-order chi connectivity index (χ0) is 14.6. The zero-order valence-electron chi connectivity index (χ0n) is 13.1. The molecule has 1 amide bonds. The van der Waals surface area contributed by atoms with E-state index in [1.165, 1.54) is 6.42 Å². The molecule has 2 N–H and O–H groups in total. The first-order valence-electron chi connectivity index (χ1n) is 7.83. The fourth-order valence-electron chi connectivity index (χ4n) is 3.01. The van der Waals surface area contributed by atoms with Crippen LogP contribution in [0.5, 0.6) is 0 Å². The van der Waals surface area contributed by atoms with Crippen LogP contribution in [0.2, 0.25) is 0 Å². The zero-order valence-corrected chi connectivity index (χ0v) is 13.1. The highest BCUT2D eigenvalue weighted by atomic mass is 16.5. The number of nitrogens with one attached hydrogen (secondary N) is 2. The Kier molecular flexibility index (Phi) is 5.41. The average molecular weight is 283 g/mol. The van der Waals surface area contributed by atoms with Crippen LogP contribution in [-0.4, -0.2) is 61.8 Å². The molecule has 116 valence electrons. The molecule has 2 aliphatic rings. The maximum atomic E-state index is 12.3. The van der Waals surface area contributed by atoms with Crippen molar-refractivity contribution >= 4 is 5.91 Å². The van der Waals surface area contributed by atoms with Gasteiger partial charge in [0.2, 0.25) is 5.91 Å². The van der Waals surface area contributed by atoms with Crippen molar-refractivity contribution in [2.75, 3.05) is 39.4 Å². The lowest BCUT2D eigenvalue weighted by Gasteiger charge is -2.41. The van der Waals surface area contributed by atoms with Gasteiger partial charge in [-0.3, -0.25) is 9.69 Å². The Morgan fingerprint density at radius 3 is 2.75 bits per heavy atom. The summed E-state index contributed by atoms with van der Waals surface area (Å²) in [6, 6.07) is -0.0146. The van der Waals surface area contributed by atoms with Gasteiger partial charge < -0.3 is 15.4 Å². The third-order valence-corrected chi connectivity index (χ3v) is 4.54. The van der Waals surface area contributed by atoms with Crippen molar-refractivity contribution in [1.82, 2.24) is 15.5 Å². The standard InChI is InChI=1S/C15H29N3O2/c1-12-4-5-16-13(10-12)14(19)17-11-15(2,3)18-6-8-20-9-7-18/h12-13,16H,4-11H2,1-3H3,(H,17,19). The normalized spacial score (nSPS) is 29.1. The molecule has 0 spiro atoms. The smallest absolute Gasteiger partial charge is 0.237 e. The summed E-state index contributed by atoms with van der Waals surface area (Å²) in [5, 5.41) is 6.45. The van der Waals surface area contributed by atoms with Crippen LogP contribution in [0.15, 0.2) is 0 Å². The van der Waals surface area contributed by atoms with E-state index in [0.29, 0.717) is 12.5 Å². The fourth-order valence-corrected chi connectivity index (χ4v) is 3.01. The van der Waals surface area contributed by atoms with Crippen molar-refractivity contribution in [3.63, 3.8) is 0 Å². The Morgan fingerprint density at radius 1 is 1.40 bits per heavy atom. The van der Waals surface area contributed by atoms with Crippen LogP contribution < -0.4 is 10.6 Å². The molecule has 0 aromatic rings. The Labute approximate surface area is 122 Å². The first-order chi connectivity index (χ1) is 9.49. The van der Waals surface area contributed by atoms with Crippen LogP contribution in [0, 0.1) is 5.92 Å². The van der Waals surface area contributed by atoms with E-state index in [1.807, 2.05) is 0 Å². The van der Waals surface area contributed by atoms with Crippen molar-refractivity contribution in [2.45, 2.75) is 45.2 Å². The topological polar surface area (TPSA) is 53.6 Å².